The molecule has 0 aromatic heterocycles. The number of amides is 1. The fraction of sp³-hybridized carbons (Fsp3) is 0.650. The highest BCUT2D eigenvalue weighted by molar-refractivity contribution is 5.76. The molecular weight excluding hydrogens is 330 g/mol. The van der Waals surface area contributed by atoms with E-state index in [4.69, 9.17) is 15.2 Å². The van der Waals surface area contributed by atoms with Gasteiger partial charge in [-0.1, -0.05) is 6.07 Å². The van der Waals surface area contributed by atoms with Gasteiger partial charge in [0.1, 0.15) is 0 Å². The van der Waals surface area contributed by atoms with Gasteiger partial charge in [0, 0.05) is 24.9 Å². The lowest BCUT2D eigenvalue weighted by atomic mass is 9.96. The summed E-state index contributed by atoms with van der Waals surface area (Å²) in [6, 6.07) is 6.17. The molecule has 2 aliphatic heterocycles. The van der Waals surface area contributed by atoms with E-state index in [1.807, 2.05) is 6.07 Å². The molecule has 0 spiro atoms. The van der Waals surface area contributed by atoms with Crippen molar-refractivity contribution in [3.63, 3.8) is 0 Å². The molecule has 6 nitrogen and oxygen atoms in total. The van der Waals surface area contributed by atoms with E-state index in [2.05, 4.69) is 22.3 Å². The summed E-state index contributed by atoms with van der Waals surface area (Å²) in [5, 5.41) is 3.43. The molecule has 0 radical (unpaired) electrons. The molecule has 3 N–H and O–H groups in total. The van der Waals surface area contributed by atoms with Gasteiger partial charge in [-0.2, -0.15) is 0 Å². The maximum atomic E-state index is 11.3. The van der Waals surface area contributed by atoms with E-state index in [1.54, 1.807) is 7.11 Å². The minimum Gasteiger partial charge on any atom is -0.493 e. The first-order chi connectivity index (χ1) is 12.7. The molecule has 1 atom stereocenters. The van der Waals surface area contributed by atoms with Crippen LogP contribution in [-0.2, 0) is 11.3 Å². The number of nitrogens with one attached hydrogen (secondary N) is 1. The molecular formula is C20H31N3O3. The van der Waals surface area contributed by atoms with E-state index in [0.29, 0.717) is 5.92 Å². The van der Waals surface area contributed by atoms with Gasteiger partial charge in [-0.25, -0.2) is 0 Å². The van der Waals surface area contributed by atoms with Crippen molar-refractivity contribution in [2.75, 3.05) is 39.9 Å². The number of benzene rings is 1. The second-order valence-corrected chi connectivity index (χ2v) is 7.46. The third-order valence-corrected chi connectivity index (χ3v) is 5.50. The third-order valence-electron chi connectivity index (χ3n) is 5.50. The van der Waals surface area contributed by atoms with Crippen molar-refractivity contribution < 1.29 is 14.3 Å². The second-order valence-electron chi connectivity index (χ2n) is 7.46. The predicted octanol–water partition coefficient (Wildman–Crippen LogP) is 1.77. The maximum Gasteiger partial charge on any atom is 0.220 e. The third kappa shape index (κ3) is 5.11. The first kappa shape index (κ1) is 19.0. The van der Waals surface area contributed by atoms with Crippen LogP contribution in [0.4, 0.5) is 0 Å². The lowest BCUT2D eigenvalue weighted by molar-refractivity contribution is -0.123. The lowest BCUT2D eigenvalue weighted by Gasteiger charge is -2.30. The molecule has 144 valence electrons. The minimum absolute atomic E-state index is 0.0325. The minimum atomic E-state index is -0.165. The average Bonchev–Trinajstić information content (AvgIpc) is 2.68. The fourth-order valence-corrected chi connectivity index (χ4v) is 3.84. The van der Waals surface area contributed by atoms with Crippen molar-refractivity contribution in [2.45, 2.75) is 32.2 Å². The van der Waals surface area contributed by atoms with Gasteiger partial charge in [-0.15, -0.1) is 0 Å². The van der Waals surface area contributed by atoms with Gasteiger partial charge in [0.25, 0.3) is 0 Å². The van der Waals surface area contributed by atoms with Crippen LogP contribution < -0.4 is 20.5 Å². The van der Waals surface area contributed by atoms with Gasteiger partial charge in [0.2, 0.25) is 5.91 Å². The number of likely N-dealkylation sites (tertiary alicyclic amines) is 1. The second kappa shape index (κ2) is 9.24. The van der Waals surface area contributed by atoms with Crippen LogP contribution in [0.15, 0.2) is 18.2 Å². The zero-order valence-corrected chi connectivity index (χ0v) is 15.7. The van der Waals surface area contributed by atoms with E-state index in [9.17, 15) is 4.79 Å². The topological polar surface area (TPSA) is 76.8 Å². The number of carbonyl (C=O) groups is 1. The van der Waals surface area contributed by atoms with Gasteiger partial charge in [0.05, 0.1) is 13.7 Å². The Morgan fingerprint density at radius 1 is 1.27 bits per heavy atom. The zero-order chi connectivity index (χ0) is 18.4. The number of piperidine rings is 2. The molecule has 1 aromatic carbocycles. The van der Waals surface area contributed by atoms with Crippen molar-refractivity contribution >= 4 is 5.91 Å². The number of primary amides is 1. The van der Waals surface area contributed by atoms with Crippen LogP contribution in [0, 0.1) is 11.8 Å². The van der Waals surface area contributed by atoms with Gasteiger partial charge in [0.15, 0.2) is 11.5 Å². The Morgan fingerprint density at radius 2 is 2.08 bits per heavy atom. The summed E-state index contributed by atoms with van der Waals surface area (Å²) < 4.78 is 11.6. The molecule has 3 rings (SSSR count). The van der Waals surface area contributed by atoms with Gasteiger partial charge >= 0.3 is 0 Å². The summed E-state index contributed by atoms with van der Waals surface area (Å²) >= 11 is 0. The first-order valence-corrected chi connectivity index (χ1v) is 9.68. The molecule has 6 heteroatoms. The fourth-order valence-electron chi connectivity index (χ4n) is 3.84. The maximum absolute atomic E-state index is 11.3. The molecule has 26 heavy (non-hydrogen) atoms. The molecule has 1 amide bonds. The van der Waals surface area contributed by atoms with Crippen LogP contribution in [-0.4, -0.2) is 50.7 Å². The van der Waals surface area contributed by atoms with Crippen LogP contribution in [0.1, 0.15) is 31.2 Å². The normalized spacial score (nSPS) is 22.1. The summed E-state index contributed by atoms with van der Waals surface area (Å²) in [6.45, 7) is 5.53. The Morgan fingerprint density at radius 3 is 2.73 bits per heavy atom. The molecule has 2 fully saturated rings. The highest BCUT2D eigenvalue weighted by Crippen LogP contribution is 2.30. The first-order valence-electron chi connectivity index (χ1n) is 9.68. The molecule has 2 saturated heterocycles. The summed E-state index contributed by atoms with van der Waals surface area (Å²) in [6.07, 6.45) is 4.13. The quantitative estimate of drug-likeness (QED) is 0.774. The van der Waals surface area contributed by atoms with E-state index in [0.717, 1.165) is 63.7 Å². The summed E-state index contributed by atoms with van der Waals surface area (Å²) in [4.78, 5) is 13.7. The van der Waals surface area contributed by atoms with E-state index in [1.165, 1.54) is 18.4 Å². The molecule has 1 unspecified atom stereocenters. The lowest BCUT2D eigenvalue weighted by Crippen LogP contribution is -2.38. The van der Waals surface area contributed by atoms with Crippen LogP contribution in [0.3, 0.4) is 0 Å². The van der Waals surface area contributed by atoms with Gasteiger partial charge < -0.3 is 20.5 Å². The van der Waals surface area contributed by atoms with E-state index in [-0.39, 0.29) is 11.8 Å². The summed E-state index contributed by atoms with van der Waals surface area (Å²) in [5.74, 6) is 2.03. The Labute approximate surface area is 156 Å². The van der Waals surface area contributed by atoms with Crippen molar-refractivity contribution in [3.05, 3.63) is 23.8 Å². The molecule has 0 saturated carbocycles. The Bertz CT molecular complexity index is 594. The molecule has 2 heterocycles. The Balaban J connectivity index is 1.57. The number of methoxy groups -OCH3 is 1. The van der Waals surface area contributed by atoms with Crippen molar-refractivity contribution in [3.8, 4) is 11.5 Å². The standard InChI is InChI=1S/C20H31N3O3/c1-25-18-5-4-15(13-23-9-6-17(7-10-23)20(21)24)11-19(18)26-14-16-3-2-8-22-12-16/h4-5,11,16-17,22H,2-3,6-10,12-14H2,1H3,(H2,21,24). The van der Waals surface area contributed by atoms with Gasteiger partial charge in [-0.05, 0) is 63.0 Å². The van der Waals surface area contributed by atoms with Crippen LogP contribution in [0.2, 0.25) is 0 Å². The SMILES string of the molecule is COc1ccc(CN2CCC(C(N)=O)CC2)cc1OCC1CCCNC1. The highest BCUT2D eigenvalue weighted by Gasteiger charge is 2.23. The zero-order valence-electron chi connectivity index (χ0n) is 15.7. The number of hydrogen-bond acceptors (Lipinski definition) is 5. The number of carbonyl (C=O) groups excluding carboxylic acids is 1. The number of hydrogen-bond donors (Lipinski definition) is 2. The largest absolute Gasteiger partial charge is 0.493 e. The Kier molecular flexibility index (Phi) is 6.74. The van der Waals surface area contributed by atoms with E-state index < -0.39 is 0 Å². The number of rotatable bonds is 7. The summed E-state index contributed by atoms with van der Waals surface area (Å²) in [5.41, 5.74) is 6.63. The molecule has 1 aromatic rings. The van der Waals surface area contributed by atoms with Gasteiger partial charge in [-0.3, -0.25) is 9.69 Å². The number of nitrogens with zero attached hydrogens (tertiary/aromatic N) is 1. The molecule has 0 aliphatic carbocycles. The van der Waals surface area contributed by atoms with Crippen LogP contribution in [0.5, 0.6) is 11.5 Å². The Hall–Kier alpha value is -1.79. The smallest absolute Gasteiger partial charge is 0.220 e. The predicted molar refractivity (Wildman–Crippen MR) is 101 cm³/mol. The average molecular weight is 361 g/mol. The number of ether oxygens (including phenoxy) is 2. The van der Waals surface area contributed by atoms with E-state index >= 15 is 0 Å². The van der Waals surface area contributed by atoms with Crippen LogP contribution >= 0.6 is 0 Å². The highest BCUT2D eigenvalue weighted by atomic mass is 16.5. The van der Waals surface area contributed by atoms with Crippen molar-refractivity contribution in [1.82, 2.24) is 10.2 Å². The van der Waals surface area contributed by atoms with Crippen LogP contribution in [0.25, 0.3) is 0 Å². The summed E-state index contributed by atoms with van der Waals surface area (Å²) in [7, 11) is 1.68. The monoisotopic (exact) mass is 361 g/mol. The van der Waals surface area contributed by atoms with Crippen molar-refractivity contribution in [2.24, 2.45) is 17.6 Å². The molecule has 0 bridgehead atoms. The molecule has 2 aliphatic rings. The number of nitrogens with two attached hydrogens (primary N) is 1. The van der Waals surface area contributed by atoms with Crippen molar-refractivity contribution in [1.29, 1.82) is 0 Å².